The van der Waals surface area contributed by atoms with Crippen LogP contribution >= 0.6 is 11.3 Å². The highest BCUT2D eigenvalue weighted by Crippen LogP contribution is 2.30. The number of carbonyl (C=O) groups is 1. The maximum atomic E-state index is 13.2. The van der Waals surface area contributed by atoms with E-state index in [2.05, 4.69) is 15.1 Å². The van der Waals surface area contributed by atoms with Gasteiger partial charge in [0.1, 0.15) is 17.1 Å². The Kier molecular flexibility index (Phi) is 4.25. The van der Waals surface area contributed by atoms with Crippen LogP contribution in [-0.4, -0.2) is 30.8 Å². The van der Waals surface area contributed by atoms with Gasteiger partial charge in [-0.05, 0) is 48.2 Å². The minimum atomic E-state index is -1.07. The SMILES string of the molecule is Cc1cnc(-n2ncc(C(=O)O)c2-c2cccs2)nc1-c1ccc(F)cc1. The quantitative estimate of drug-likeness (QED) is 0.574. The van der Waals surface area contributed by atoms with E-state index < -0.39 is 5.97 Å². The van der Waals surface area contributed by atoms with Gasteiger partial charge in [0, 0.05) is 11.8 Å². The molecule has 1 aromatic carbocycles. The second-order valence-corrected chi connectivity index (χ2v) is 6.76. The molecular formula is C19H13FN4O2S. The summed E-state index contributed by atoms with van der Waals surface area (Å²) in [4.78, 5) is 21.2. The average Bonchev–Trinajstić information content (AvgIpc) is 3.32. The standard InChI is InChI=1S/C19H13FN4O2S/c1-11-9-21-19(23-16(11)12-4-6-13(20)7-5-12)24-17(15-3-2-8-27-15)14(10-22-24)18(25)26/h2-10H,1H3,(H,25,26). The summed E-state index contributed by atoms with van der Waals surface area (Å²) in [5.41, 5.74) is 2.68. The van der Waals surface area contributed by atoms with E-state index in [-0.39, 0.29) is 17.3 Å². The molecule has 0 fully saturated rings. The van der Waals surface area contributed by atoms with E-state index in [9.17, 15) is 14.3 Å². The van der Waals surface area contributed by atoms with Gasteiger partial charge in [-0.1, -0.05) is 6.07 Å². The molecule has 3 heterocycles. The van der Waals surface area contributed by atoms with E-state index in [0.29, 0.717) is 11.4 Å². The van der Waals surface area contributed by atoms with Crippen molar-refractivity contribution in [3.63, 3.8) is 0 Å². The minimum absolute atomic E-state index is 0.0740. The van der Waals surface area contributed by atoms with E-state index in [0.717, 1.165) is 16.0 Å². The number of carboxylic acid groups (broad SMARTS) is 1. The van der Waals surface area contributed by atoms with Crippen LogP contribution in [0.15, 0.2) is 54.2 Å². The summed E-state index contributed by atoms with van der Waals surface area (Å²) in [6, 6.07) is 9.66. The zero-order valence-electron chi connectivity index (χ0n) is 14.1. The predicted molar refractivity (Wildman–Crippen MR) is 99.6 cm³/mol. The Morgan fingerprint density at radius 1 is 1.19 bits per heavy atom. The number of aryl methyl sites for hydroxylation is 1. The molecule has 0 saturated carbocycles. The second-order valence-electron chi connectivity index (χ2n) is 5.81. The third kappa shape index (κ3) is 3.11. The van der Waals surface area contributed by atoms with Crippen LogP contribution in [0.1, 0.15) is 15.9 Å². The van der Waals surface area contributed by atoms with Gasteiger partial charge in [0.15, 0.2) is 0 Å². The number of hydrogen-bond donors (Lipinski definition) is 1. The first-order valence-corrected chi connectivity index (χ1v) is 8.87. The van der Waals surface area contributed by atoms with Crippen molar-refractivity contribution in [1.82, 2.24) is 19.7 Å². The highest BCUT2D eigenvalue weighted by Gasteiger charge is 2.22. The summed E-state index contributed by atoms with van der Waals surface area (Å²) < 4.78 is 14.7. The van der Waals surface area contributed by atoms with Gasteiger partial charge in [-0.3, -0.25) is 0 Å². The van der Waals surface area contributed by atoms with Crippen molar-refractivity contribution in [1.29, 1.82) is 0 Å². The van der Waals surface area contributed by atoms with E-state index in [1.165, 1.54) is 34.3 Å². The van der Waals surface area contributed by atoms with Crippen molar-refractivity contribution >= 4 is 17.3 Å². The van der Waals surface area contributed by atoms with Crippen LogP contribution in [0.2, 0.25) is 0 Å². The van der Waals surface area contributed by atoms with Gasteiger partial charge in [0.25, 0.3) is 5.95 Å². The molecule has 6 nitrogen and oxygen atoms in total. The number of aromatic nitrogens is 4. The Labute approximate surface area is 157 Å². The summed E-state index contributed by atoms with van der Waals surface area (Å²) in [5.74, 6) is -1.16. The van der Waals surface area contributed by atoms with Crippen LogP contribution in [0.3, 0.4) is 0 Å². The van der Waals surface area contributed by atoms with Crippen LogP contribution in [0, 0.1) is 12.7 Å². The van der Waals surface area contributed by atoms with Gasteiger partial charge in [-0.15, -0.1) is 11.3 Å². The molecule has 3 aromatic heterocycles. The maximum Gasteiger partial charge on any atom is 0.339 e. The molecule has 0 atom stereocenters. The number of aromatic carboxylic acids is 1. The molecule has 134 valence electrons. The average molecular weight is 380 g/mol. The highest BCUT2D eigenvalue weighted by atomic mass is 32.1. The van der Waals surface area contributed by atoms with Crippen LogP contribution in [0.5, 0.6) is 0 Å². The molecule has 27 heavy (non-hydrogen) atoms. The first-order chi connectivity index (χ1) is 13.0. The Bertz CT molecular complexity index is 1120. The third-order valence-electron chi connectivity index (χ3n) is 4.02. The molecule has 0 amide bonds. The highest BCUT2D eigenvalue weighted by molar-refractivity contribution is 7.13. The van der Waals surface area contributed by atoms with Crippen molar-refractivity contribution < 1.29 is 14.3 Å². The molecule has 0 aliphatic heterocycles. The molecule has 8 heteroatoms. The number of benzene rings is 1. The molecule has 4 aromatic rings. The zero-order valence-corrected chi connectivity index (χ0v) is 14.9. The van der Waals surface area contributed by atoms with Crippen molar-refractivity contribution in [2.24, 2.45) is 0 Å². The molecule has 1 N–H and O–H groups in total. The Balaban J connectivity index is 1.89. The number of rotatable bonds is 4. The van der Waals surface area contributed by atoms with Crippen LogP contribution in [-0.2, 0) is 0 Å². The summed E-state index contributed by atoms with van der Waals surface area (Å²) in [5, 5.41) is 15.6. The molecule has 0 aliphatic carbocycles. The van der Waals surface area contributed by atoms with E-state index in [4.69, 9.17) is 0 Å². The van der Waals surface area contributed by atoms with E-state index in [1.54, 1.807) is 18.3 Å². The van der Waals surface area contributed by atoms with E-state index >= 15 is 0 Å². The van der Waals surface area contributed by atoms with Gasteiger partial charge in [-0.25, -0.2) is 19.2 Å². The fraction of sp³-hybridized carbons (Fsp3) is 0.0526. The topological polar surface area (TPSA) is 80.9 Å². The minimum Gasteiger partial charge on any atom is -0.478 e. The van der Waals surface area contributed by atoms with Crippen molar-refractivity contribution in [2.75, 3.05) is 0 Å². The second kappa shape index (κ2) is 6.73. The molecular weight excluding hydrogens is 367 g/mol. The molecule has 0 saturated heterocycles. The number of carboxylic acids is 1. The molecule has 0 radical (unpaired) electrons. The van der Waals surface area contributed by atoms with Gasteiger partial charge >= 0.3 is 5.97 Å². The number of thiophene rings is 1. The lowest BCUT2D eigenvalue weighted by Crippen LogP contribution is -2.07. The number of hydrogen-bond acceptors (Lipinski definition) is 5. The number of nitrogens with zero attached hydrogens (tertiary/aromatic N) is 4. The first-order valence-electron chi connectivity index (χ1n) is 8.00. The number of halogens is 1. The lowest BCUT2D eigenvalue weighted by Gasteiger charge is -2.10. The molecule has 0 bridgehead atoms. The molecule has 0 spiro atoms. The lowest BCUT2D eigenvalue weighted by atomic mass is 10.1. The molecule has 0 unspecified atom stereocenters. The third-order valence-corrected chi connectivity index (χ3v) is 4.90. The lowest BCUT2D eigenvalue weighted by molar-refractivity contribution is 0.0698. The van der Waals surface area contributed by atoms with Gasteiger partial charge in [0.05, 0.1) is 16.8 Å². The summed E-state index contributed by atoms with van der Waals surface area (Å²) in [7, 11) is 0. The van der Waals surface area contributed by atoms with Crippen molar-refractivity contribution in [3.05, 3.63) is 71.1 Å². The van der Waals surface area contributed by atoms with E-state index in [1.807, 2.05) is 24.4 Å². The summed E-state index contributed by atoms with van der Waals surface area (Å²) in [6.45, 7) is 1.86. The van der Waals surface area contributed by atoms with Crippen molar-refractivity contribution in [3.8, 4) is 27.8 Å². The monoisotopic (exact) mass is 380 g/mol. The normalized spacial score (nSPS) is 10.9. The molecule has 4 rings (SSSR count). The van der Waals surface area contributed by atoms with Gasteiger partial charge < -0.3 is 5.11 Å². The first kappa shape index (κ1) is 17.0. The van der Waals surface area contributed by atoms with Gasteiger partial charge in [0.2, 0.25) is 0 Å². The maximum absolute atomic E-state index is 13.2. The Morgan fingerprint density at radius 3 is 2.63 bits per heavy atom. The Morgan fingerprint density at radius 2 is 1.96 bits per heavy atom. The largest absolute Gasteiger partial charge is 0.478 e. The fourth-order valence-corrected chi connectivity index (χ4v) is 3.51. The van der Waals surface area contributed by atoms with Crippen LogP contribution in [0.25, 0.3) is 27.8 Å². The smallest absolute Gasteiger partial charge is 0.339 e. The van der Waals surface area contributed by atoms with Crippen LogP contribution < -0.4 is 0 Å². The molecule has 0 aliphatic rings. The zero-order chi connectivity index (χ0) is 19.0. The van der Waals surface area contributed by atoms with Crippen LogP contribution in [0.4, 0.5) is 4.39 Å². The predicted octanol–water partition coefficient (Wildman–Crippen LogP) is 4.20. The van der Waals surface area contributed by atoms with Gasteiger partial charge in [-0.2, -0.15) is 9.78 Å². The van der Waals surface area contributed by atoms with Crippen molar-refractivity contribution in [2.45, 2.75) is 6.92 Å². The summed E-state index contributed by atoms with van der Waals surface area (Å²) in [6.07, 6.45) is 2.93. The summed E-state index contributed by atoms with van der Waals surface area (Å²) >= 11 is 1.40. The fourth-order valence-electron chi connectivity index (χ4n) is 2.74. The Hall–Kier alpha value is -3.39.